The molecule has 0 atom stereocenters. The fourth-order valence-corrected chi connectivity index (χ4v) is 8.38. The number of anilines is 3. The summed E-state index contributed by atoms with van der Waals surface area (Å²) in [6, 6.07) is 66.0. The van der Waals surface area contributed by atoms with Gasteiger partial charge in [0.2, 0.25) is 0 Å². The third-order valence-electron chi connectivity index (χ3n) is 11.0. The summed E-state index contributed by atoms with van der Waals surface area (Å²) in [5.41, 5.74) is 12.6. The highest BCUT2D eigenvalue weighted by Gasteiger charge is 2.17. The molecule has 2 heterocycles. The first kappa shape index (κ1) is 27.9. The zero-order valence-corrected chi connectivity index (χ0v) is 30.8. The van der Waals surface area contributed by atoms with E-state index in [-0.39, 0.29) is 29.7 Å². The highest BCUT2D eigenvalue weighted by molar-refractivity contribution is 6.12. The van der Waals surface area contributed by atoms with Gasteiger partial charge in [0, 0.05) is 50.0 Å². The fourth-order valence-electron chi connectivity index (χ4n) is 8.38. The number of rotatable bonds is 7. The van der Waals surface area contributed by atoms with E-state index in [0.717, 1.165) is 45.0 Å². The Morgan fingerprint density at radius 1 is 0.316 bits per heavy atom. The summed E-state index contributed by atoms with van der Waals surface area (Å²) in [6.07, 6.45) is 0. The van der Waals surface area contributed by atoms with Crippen LogP contribution in [-0.2, 0) is 0 Å². The molecule has 268 valence electrons. The molecule has 0 saturated heterocycles. The summed E-state index contributed by atoms with van der Waals surface area (Å²) in [6.45, 7) is 0. The summed E-state index contributed by atoms with van der Waals surface area (Å²) in [4.78, 5) is 2.15. The van der Waals surface area contributed by atoms with Crippen LogP contribution < -0.4 is 4.90 Å². The molecular formula is C54H37N3. The van der Waals surface area contributed by atoms with Gasteiger partial charge in [-0.1, -0.05) is 127 Å². The van der Waals surface area contributed by atoms with E-state index in [9.17, 15) is 0 Å². The minimum absolute atomic E-state index is 0.185. The number of hydrogen-bond acceptors (Lipinski definition) is 1. The Kier molecular flexibility index (Phi) is 6.65. The van der Waals surface area contributed by atoms with Crippen molar-refractivity contribution in [2.75, 3.05) is 4.90 Å². The first-order valence-electron chi connectivity index (χ1n) is 21.6. The van der Waals surface area contributed by atoms with Gasteiger partial charge in [-0.15, -0.1) is 0 Å². The fraction of sp³-hybridized carbons (Fsp3) is 0. The molecule has 0 spiro atoms. The largest absolute Gasteiger partial charge is 0.311 e. The van der Waals surface area contributed by atoms with Crippen molar-refractivity contribution in [1.82, 2.24) is 9.13 Å². The highest BCUT2D eigenvalue weighted by atomic mass is 15.1. The quantitative estimate of drug-likeness (QED) is 0.159. The Bertz CT molecular complexity index is 3480. The van der Waals surface area contributed by atoms with Crippen molar-refractivity contribution >= 4 is 60.7 Å². The highest BCUT2D eigenvalue weighted by Crippen LogP contribution is 2.40. The first-order chi connectivity index (χ1) is 30.4. The predicted molar refractivity (Wildman–Crippen MR) is 241 cm³/mol. The summed E-state index contributed by atoms with van der Waals surface area (Å²) in [7, 11) is 0. The van der Waals surface area contributed by atoms with Crippen molar-refractivity contribution in [2.24, 2.45) is 0 Å². The minimum Gasteiger partial charge on any atom is -0.311 e. The van der Waals surface area contributed by atoms with Crippen molar-refractivity contribution in [3.05, 3.63) is 224 Å². The Labute approximate surface area is 338 Å². The Morgan fingerprint density at radius 2 is 0.737 bits per heavy atom. The van der Waals surface area contributed by atoms with Crippen LogP contribution >= 0.6 is 0 Å². The molecule has 3 heteroatoms. The van der Waals surface area contributed by atoms with Gasteiger partial charge in [-0.2, -0.15) is 0 Å². The van der Waals surface area contributed by atoms with E-state index in [1.54, 1.807) is 0 Å². The number of nitrogens with zero attached hydrogens (tertiary/aromatic N) is 3. The van der Waals surface area contributed by atoms with Gasteiger partial charge in [-0.3, -0.25) is 0 Å². The van der Waals surface area contributed by atoms with Gasteiger partial charge in [0.15, 0.2) is 0 Å². The monoisotopic (exact) mass is 732 g/mol. The van der Waals surface area contributed by atoms with Crippen LogP contribution in [0, 0.1) is 0 Å². The zero-order valence-electron chi connectivity index (χ0n) is 35.8. The summed E-state index contributed by atoms with van der Waals surface area (Å²) >= 11 is 0. The molecule has 0 N–H and O–H groups in total. The molecule has 0 unspecified atom stereocenters. The van der Waals surface area contributed by atoms with Crippen LogP contribution in [-0.4, -0.2) is 9.13 Å². The van der Waals surface area contributed by atoms with Crippen LogP contribution in [0.1, 0.15) is 6.85 Å². The van der Waals surface area contributed by atoms with Crippen molar-refractivity contribution in [3.63, 3.8) is 0 Å². The van der Waals surface area contributed by atoms with Crippen LogP contribution in [0.25, 0.3) is 77.2 Å². The second-order valence-electron chi connectivity index (χ2n) is 14.2. The van der Waals surface area contributed by atoms with E-state index in [1.165, 1.54) is 38.1 Å². The maximum absolute atomic E-state index is 8.50. The third kappa shape index (κ3) is 5.60. The molecule has 0 aliphatic heterocycles. The number of benzene rings is 9. The van der Waals surface area contributed by atoms with Gasteiger partial charge in [-0.25, -0.2) is 0 Å². The minimum atomic E-state index is -0.400. The van der Waals surface area contributed by atoms with Crippen LogP contribution in [0.4, 0.5) is 17.1 Å². The molecule has 0 radical (unpaired) electrons. The first-order valence-corrected chi connectivity index (χ1v) is 19.1. The maximum atomic E-state index is 8.50. The van der Waals surface area contributed by atoms with Gasteiger partial charge >= 0.3 is 0 Å². The lowest BCUT2D eigenvalue weighted by Gasteiger charge is -2.26. The molecule has 57 heavy (non-hydrogen) atoms. The van der Waals surface area contributed by atoms with Crippen LogP contribution in [0.3, 0.4) is 0 Å². The van der Waals surface area contributed by atoms with E-state index in [4.69, 9.17) is 6.85 Å². The molecule has 0 aliphatic carbocycles. The van der Waals surface area contributed by atoms with E-state index < -0.39 is 6.04 Å². The molecule has 3 nitrogen and oxygen atoms in total. The Morgan fingerprint density at radius 3 is 1.30 bits per heavy atom. The lowest BCUT2D eigenvalue weighted by Crippen LogP contribution is -2.10. The van der Waals surface area contributed by atoms with Gasteiger partial charge < -0.3 is 14.0 Å². The van der Waals surface area contributed by atoms with E-state index >= 15 is 0 Å². The second-order valence-corrected chi connectivity index (χ2v) is 14.2. The van der Waals surface area contributed by atoms with Crippen molar-refractivity contribution in [3.8, 4) is 33.6 Å². The third-order valence-corrected chi connectivity index (χ3v) is 11.0. The van der Waals surface area contributed by atoms with Crippen molar-refractivity contribution in [1.29, 1.82) is 0 Å². The zero-order chi connectivity index (χ0) is 42.1. The number of aromatic nitrogens is 2. The van der Waals surface area contributed by atoms with Gasteiger partial charge in [0.05, 0.1) is 28.9 Å². The van der Waals surface area contributed by atoms with Crippen molar-refractivity contribution in [2.45, 2.75) is 0 Å². The molecular weight excluding hydrogens is 691 g/mol. The average Bonchev–Trinajstić information content (AvgIpc) is 3.84. The standard InChI is InChI=1S/C54H37N3/c1-4-14-38(15-5-1)39-24-28-44(29-25-39)55(42-16-6-2-7-17-42)45-30-32-46(33-31-45)57-52-23-13-11-21-48(52)50-37-41(27-35-54(50)57)40-26-34-53-49(36-40)47-20-10-12-22-51(47)56(53)43-18-8-3-9-19-43/h1-37H/i1D,4D,5D,14D,15D. The predicted octanol–water partition coefficient (Wildman–Crippen LogP) is 14.7. The van der Waals surface area contributed by atoms with Crippen molar-refractivity contribution < 1.29 is 6.85 Å². The SMILES string of the molecule is [2H]c1c([2H])c([2H])c(-c2ccc(N(c3ccccc3)c3ccc(-n4c5ccccc5c5cc(-c6ccc7c(c6)c6ccccc6n7-c6ccccc6)ccc54)cc3)cc2)c([2H])c1[2H]. The van der Waals surface area contributed by atoms with E-state index in [0.29, 0.717) is 5.56 Å². The van der Waals surface area contributed by atoms with Crippen LogP contribution in [0.5, 0.6) is 0 Å². The lowest BCUT2D eigenvalue weighted by molar-refractivity contribution is 1.17. The molecule has 0 bridgehead atoms. The second kappa shape index (κ2) is 13.6. The van der Waals surface area contributed by atoms with E-state index in [2.05, 4.69) is 166 Å². The molecule has 0 aliphatic rings. The molecule has 11 aromatic rings. The molecule has 9 aromatic carbocycles. The van der Waals surface area contributed by atoms with Gasteiger partial charge in [-0.05, 0) is 119 Å². The summed E-state index contributed by atoms with van der Waals surface area (Å²) in [5, 5.41) is 4.81. The van der Waals surface area contributed by atoms with E-state index in [1.807, 2.05) is 42.5 Å². The number of para-hydroxylation sites is 4. The van der Waals surface area contributed by atoms with Crippen LogP contribution in [0.2, 0.25) is 0 Å². The topological polar surface area (TPSA) is 13.1 Å². The summed E-state index contributed by atoms with van der Waals surface area (Å²) < 4.78 is 46.0. The Hall–Kier alpha value is -7.62. The molecule has 2 aromatic heterocycles. The smallest absolute Gasteiger partial charge is 0.0629 e. The normalized spacial score (nSPS) is 12.7. The Balaban J connectivity index is 0.980. The van der Waals surface area contributed by atoms with Crippen LogP contribution in [0.15, 0.2) is 224 Å². The molecule has 0 fully saturated rings. The molecule has 0 amide bonds. The van der Waals surface area contributed by atoms with Gasteiger partial charge in [0.1, 0.15) is 0 Å². The molecule has 0 saturated carbocycles. The average molecular weight is 733 g/mol. The molecule has 11 rings (SSSR count). The lowest BCUT2D eigenvalue weighted by atomic mass is 10.0. The van der Waals surface area contributed by atoms with Gasteiger partial charge in [0.25, 0.3) is 0 Å². The summed E-state index contributed by atoms with van der Waals surface area (Å²) in [5.74, 6) is 0. The number of fused-ring (bicyclic) bond motifs is 6. The number of hydrogen-bond donors (Lipinski definition) is 0. The maximum Gasteiger partial charge on any atom is 0.0629 e.